The number of urea groups is 1. The molecule has 15 heavy (non-hydrogen) atoms. The first kappa shape index (κ1) is 12.3. The Labute approximate surface area is 91.2 Å². The zero-order valence-electron chi connectivity index (χ0n) is 9.58. The molecule has 1 heterocycles. The lowest BCUT2D eigenvalue weighted by atomic mass is 10.2. The number of rotatable bonds is 5. The van der Waals surface area contributed by atoms with E-state index in [9.17, 15) is 4.79 Å². The van der Waals surface area contributed by atoms with Crippen molar-refractivity contribution in [2.24, 2.45) is 0 Å². The van der Waals surface area contributed by atoms with Gasteiger partial charge in [0.25, 0.3) is 0 Å². The third kappa shape index (κ3) is 4.05. The van der Waals surface area contributed by atoms with Crippen LogP contribution in [0.2, 0.25) is 0 Å². The predicted octanol–water partition coefficient (Wildman–Crippen LogP) is 0.0262. The molecule has 5 heteroatoms. The minimum absolute atomic E-state index is 0.0271. The molecule has 0 spiro atoms. The third-order valence-corrected chi connectivity index (χ3v) is 2.67. The topological polar surface area (TPSA) is 53.6 Å². The van der Waals surface area contributed by atoms with Crippen LogP contribution in [0, 0.1) is 0 Å². The van der Waals surface area contributed by atoms with Crippen molar-refractivity contribution in [1.29, 1.82) is 0 Å². The molecule has 0 radical (unpaired) electrons. The molecule has 2 amide bonds. The second-order valence-corrected chi connectivity index (χ2v) is 3.79. The summed E-state index contributed by atoms with van der Waals surface area (Å²) in [5.41, 5.74) is 0. The maximum absolute atomic E-state index is 11.5. The van der Waals surface area contributed by atoms with Crippen LogP contribution in [0.25, 0.3) is 0 Å². The van der Waals surface area contributed by atoms with Gasteiger partial charge in [-0.05, 0) is 19.4 Å². The Bertz CT molecular complexity index is 193. The van der Waals surface area contributed by atoms with E-state index < -0.39 is 0 Å². The summed E-state index contributed by atoms with van der Waals surface area (Å²) < 4.78 is 4.99. The Hall–Kier alpha value is -0.810. The number of methoxy groups -OCH3 is 1. The molecular weight excluding hydrogens is 194 g/mol. The molecule has 0 aliphatic carbocycles. The number of hydrogen-bond acceptors (Lipinski definition) is 3. The summed E-state index contributed by atoms with van der Waals surface area (Å²) in [6, 6.07) is 0.417. The van der Waals surface area contributed by atoms with Gasteiger partial charge in [0.1, 0.15) is 0 Å². The van der Waals surface area contributed by atoms with Gasteiger partial charge in [-0.25, -0.2) is 4.79 Å². The van der Waals surface area contributed by atoms with Crippen molar-refractivity contribution in [1.82, 2.24) is 15.5 Å². The summed E-state index contributed by atoms with van der Waals surface area (Å²) in [6.07, 6.45) is 2.36. The van der Waals surface area contributed by atoms with Crippen LogP contribution >= 0.6 is 0 Å². The molecule has 1 rings (SSSR count). The van der Waals surface area contributed by atoms with E-state index in [0.29, 0.717) is 19.2 Å². The van der Waals surface area contributed by atoms with E-state index in [1.54, 1.807) is 19.1 Å². The SMILES string of the molecule is CNC(=O)N(CCOC)CC1CCCN1. The second-order valence-electron chi connectivity index (χ2n) is 3.79. The van der Waals surface area contributed by atoms with E-state index in [0.717, 1.165) is 19.5 Å². The monoisotopic (exact) mass is 215 g/mol. The van der Waals surface area contributed by atoms with Crippen molar-refractivity contribution in [2.45, 2.75) is 18.9 Å². The van der Waals surface area contributed by atoms with Crippen LogP contribution in [0.15, 0.2) is 0 Å². The number of amides is 2. The van der Waals surface area contributed by atoms with E-state index in [1.807, 2.05) is 0 Å². The molecule has 0 saturated carbocycles. The van der Waals surface area contributed by atoms with Crippen LogP contribution in [-0.4, -0.2) is 57.4 Å². The lowest BCUT2D eigenvalue weighted by molar-refractivity contribution is 0.146. The molecule has 1 fully saturated rings. The first-order chi connectivity index (χ1) is 7.27. The summed E-state index contributed by atoms with van der Waals surface area (Å²) in [4.78, 5) is 13.3. The molecule has 1 saturated heterocycles. The smallest absolute Gasteiger partial charge is 0.317 e. The Morgan fingerprint density at radius 3 is 3.00 bits per heavy atom. The number of carbonyl (C=O) groups is 1. The molecule has 1 unspecified atom stereocenters. The number of ether oxygens (including phenoxy) is 1. The van der Waals surface area contributed by atoms with Gasteiger partial charge in [0.15, 0.2) is 0 Å². The molecule has 0 aromatic rings. The van der Waals surface area contributed by atoms with Crippen molar-refractivity contribution < 1.29 is 9.53 Å². The highest BCUT2D eigenvalue weighted by Crippen LogP contribution is 2.06. The largest absolute Gasteiger partial charge is 0.383 e. The highest BCUT2D eigenvalue weighted by Gasteiger charge is 2.20. The van der Waals surface area contributed by atoms with E-state index in [4.69, 9.17) is 4.74 Å². The third-order valence-electron chi connectivity index (χ3n) is 2.67. The molecule has 0 aromatic carbocycles. The van der Waals surface area contributed by atoms with Gasteiger partial charge in [-0.2, -0.15) is 0 Å². The van der Waals surface area contributed by atoms with Gasteiger partial charge in [-0.1, -0.05) is 0 Å². The number of carbonyl (C=O) groups excluding carboxylic acids is 1. The average molecular weight is 215 g/mol. The lowest BCUT2D eigenvalue weighted by Crippen LogP contribution is -2.46. The van der Waals surface area contributed by atoms with Gasteiger partial charge >= 0.3 is 6.03 Å². The van der Waals surface area contributed by atoms with Gasteiger partial charge in [0.2, 0.25) is 0 Å². The quantitative estimate of drug-likeness (QED) is 0.680. The highest BCUT2D eigenvalue weighted by molar-refractivity contribution is 5.73. The van der Waals surface area contributed by atoms with Crippen LogP contribution < -0.4 is 10.6 Å². The van der Waals surface area contributed by atoms with E-state index in [-0.39, 0.29) is 6.03 Å². The molecule has 0 bridgehead atoms. The van der Waals surface area contributed by atoms with Crippen LogP contribution in [0.4, 0.5) is 4.79 Å². The molecule has 1 atom stereocenters. The summed E-state index contributed by atoms with van der Waals surface area (Å²) in [7, 11) is 3.31. The Kier molecular flexibility index (Phi) is 5.42. The normalized spacial score (nSPS) is 20.3. The summed E-state index contributed by atoms with van der Waals surface area (Å²) in [6.45, 7) is 3.06. The minimum atomic E-state index is -0.0271. The van der Waals surface area contributed by atoms with E-state index in [2.05, 4.69) is 10.6 Å². The van der Waals surface area contributed by atoms with Gasteiger partial charge in [0, 0.05) is 33.3 Å². The van der Waals surface area contributed by atoms with Crippen LogP contribution in [0.3, 0.4) is 0 Å². The predicted molar refractivity (Wildman–Crippen MR) is 58.9 cm³/mol. The summed E-state index contributed by atoms with van der Waals surface area (Å²) in [5, 5.41) is 6.03. The first-order valence-corrected chi connectivity index (χ1v) is 5.47. The zero-order valence-corrected chi connectivity index (χ0v) is 9.58. The molecule has 88 valence electrons. The summed E-state index contributed by atoms with van der Waals surface area (Å²) in [5.74, 6) is 0. The maximum atomic E-state index is 11.5. The molecule has 1 aliphatic rings. The first-order valence-electron chi connectivity index (χ1n) is 5.47. The molecule has 5 nitrogen and oxygen atoms in total. The fourth-order valence-corrected chi connectivity index (χ4v) is 1.81. The fraction of sp³-hybridized carbons (Fsp3) is 0.900. The maximum Gasteiger partial charge on any atom is 0.317 e. The average Bonchev–Trinajstić information content (AvgIpc) is 2.75. The molecule has 0 aromatic heterocycles. The van der Waals surface area contributed by atoms with Crippen molar-refractivity contribution in [3.63, 3.8) is 0 Å². The lowest BCUT2D eigenvalue weighted by Gasteiger charge is -2.25. The number of nitrogens with zero attached hydrogens (tertiary/aromatic N) is 1. The van der Waals surface area contributed by atoms with Crippen LogP contribution in [0.1, 0.15) is 12.8 Å². The fourth-order valence-electron chi connectivity index (χ4n) is 1.81. The van der Waals surface area contributed by atoms with Crippen molar-refractivity contribution in [2.75, 3.05) is 40.4 Å². The van der Waals surface area contributed by atoms with Crippen LogP contribution in [0.5, 0.6) is 0 Å². The molecular formula is C10H21N3O2. The summed E-state index contributed by atoms with van der Waals surface area (Å²) >= 11 is 0. The number of nitrogens with one attached hydrogen (secondary N) is 2. The zero-order chi connectivity index (χ0) is 11.1. The van der Waals surface area contributed by atoms with Gasteiger partial charge in [-0.15, -0.1) is 0 Å². The Morgan fingerprint density at radius 1 is 1.67 bits per heavy atom. The Morgan fingerprint density at radius 2 is 2.47 bits per heavy atom. The van der Waals surface area contributed by atoms with E-state index in [1.165, 1.54) is 6.42 Å². The van der Waals surface area contributed by atoms with Crippen molar-refractivity contribution >= 4 is 6.03 Å². The Balaban J connectivity index is 2.36. The standard InChI is InChI=1S/C10H21N3O2/c1-11-10(14)13(6-7-15-2)8-9-4-3-5-12-9/h9,12H,3-8H2,1-2H3,(H,11,14). The van der Waals surface area contributed by atoms with Crippen molar-refractivity contribution in [3.05, 3.63) is 0 Å². The van der Waals surface area contributed by atoms with Gasteiger partial charge < -0.3 is 20.3 Å². The number of hydrogen-bond donors (Lipinski definition) is 2. The second kappa shape index (κ2) is 6.63. The van der Waals surface area contributed by atoms with E-state index >= 15 is 0 Å². The minimum Gasteiger partial charge on any atom is -0.383 e. The van der Waals surface area contributed by atoms with Crippen molar-refractivity contribution in [3.8, 4) is 0 Å². The molecule has 2 N–H and O–H groups in total. The van der Waals surface area contributed by atoms with Crippen LogP contribution in [-0.2, 0) is 4.74 Å². The van der Waals surface area contributed by atoms with Gasteiger partial charge in [-0.3, -0.25) is 0 Å². The van der Waals surface area contributed by atoms with Gasteiger partial charge in [0.05, 0.1) is 6.61 Å². The molecule has 1 aliphatic heterocycles. The highest BCUT2D eigenvalue weighted by atomic mass is 16.5.